The first-order valence-corrected chi connectivity index (χ1v) is 7.34. The predicted octanol–water partition coefficient (Wildman–Crippen LogP) is 2.96. The largest absolute Gasteiger partial charge is 0.489 e. The third kappa shape index (κ3) is 3.31. The highest BCUT2D eigenvalue weighted by molar-refractivity contribution is 9.10. The number of benzene rings is 1. The molecule has 0 bridgehead atoms. The Bertz CT molecular complexity index is 570. The summed E-state index contributed by atoms with van der Waals surface area (Å²) in [5.74, 6) is 0.733. The molecule has 0 fully saturated rings. The predicted molar refractivity (Wildman–Crippen MR) is 82.0 cm³/mol. The molecule has 1 aromatic carbocycles. The molecule has 1 aromatic heterocycles. The summed E-state index contributed by atoms with van der Waals surface area (Å²) in [6.45, 7) is 1.99. The molecule has 1 heterocycles. The SMILES string of the molecule is CNC(c1c(Br)nnn1C)C(C)Oc1cccc(Cl)c1. The van der Waals surface area contributed by atoms with Crippen molar-refractivity contribution in [1.82, 2.24) is 20.3 Å². The summed E-state index contributed by atoms with van der Waals surface area (Å²) in [6, 6.07) is 7.30. The minimum atomic E-state index is -0.119. The van der Waals surface area contributed by atoms with Gasteiger partial charge >= 0.3 is 0 Å². The molecular formula is C13H16BrClN4O. The summed E-state index contributed by atoms with van der Waals surface area (Å²) in [6.07, 6.45) is -0.119. The molecule has 20 heavy (non-hydrogen) atoms. The Hall–Kier alpha value is -1.11. The van der Waals surface area contributed by atoms with E-state index in [0.717, 1.165) is 11.4 Å². The molecular weight excluding hydrogens is 344 g/mol. The minimum absolute atomic E-state index is 0.0524. The molecule has 0 amide bonds. The highest BCUT2D eigenvalue weighted by atomic mass is 79.9. The van der Waals surface area contributed by atoms with Crippen LogP contribution in [0, 0.1) is 0 Å². The van der Waals surface area contributed by atoms with Gasteiger partial charge < -0.3 is 10.1 Å². The lowest BCUT2D eigenvalue weighted by molar-refractivity contribution is 0.170. The maximum absolute atomic E-state index is 5.96. The maximum atomic E-state index is 5.96. The second-order valence-electron chi connectivity index (χ2n) is 4.44. The first kappa shape index (κ1) is 15.3. The second-order valence-corrected chi connectivity index (χ2v) is 5.62. The number of aromatic nitrogens is 3. The Balaban J connectivity index is 2.20. The Morgan fingerprint density at radius 1 is 1.45 bits per heavy atom. The van der Waals surface area contributed by atoms with E-state index in [1.165, 1.54) is 0 Å². The lowest BCUT2D eigenvalue weighted by Gasteiger charge is -2.24. The molecule has 108 valence electrons. The van der Waals surface area contributed by atoms with Crippen molar-refractivity contribution in [3.63, 3.8) is 0 Å². The van der Waals surface area contributed by atoms with E-state index in [1.807, 2.05) is 39.2 Å². The van der Waals surface area contributed by atoms with Gasteiger partial charge in [-0.3, -0.25) is 0 Å². The van der Waals surface area contributed by atoms with E-state index < -0.39 is 0 Å². The molecule has 1 N–H and O–H groups in total. The van der Waals surface area contributed by atoms with Gasteiger partial charge in [0, 0.05) is 12.1 Å². The van der Waals surface area contributed by atoms with Gasteiger partial charge in [-0.1, -0.05) is 22.9 Å². The van der Waals surface area contributed by atoms with Crippen LogP contribution < -0.4 is 10.1 Å². The zero-order valence-electron chi connectivity index (χ0n) is 11.5. The third-order valence-corrected chi connectivity index (χ3v) is 3.82. The van der Waals surface area contributed by atoms with E-state index in [9.17, 15) is 0 Å². The Labute approximate surface area is 131 Å². The molecule has 2 atom stereocenters. The van der Waals surface area contributed by atoms with Crippen molar-refractivity contribution < 1.29 is 4.74 Å². The molecule has 0 aliphatic carbocycles. The van der Waals surface area contributed by atoms with Gasteiger partial charge in [-0.15, -0.1) is 5.10 Å². The lowest BCUT2D eigenvalue weighted by Crippen LogP contribution is -2.33. The van der Waals surface area contributed by atoms with Crippen molar-refractivity contribution in [2.75, 3.05) is 7.05 Å². The minimum Gasteiger partial charge on any atom is -0.489 e. The highest BCUT2D eigenvalue weighted by Gasteiger charge is 2.25. The van der Waals surface area contributed by atoms with Gasteiger partial charge in [0.2, 0.25) is 0 Å². The molecule has 0 aliphatic rings. The topological polar surface area (TPSA) is 52.0 Å². The standard InChI is InChI=1S/C13H16BrClN4O/c1-8(20-10-6-4-5-9(15)7-10)11(16-2)12-13(14)17-18-19(12)3/h4-8,11,16H,1-3H3. The molecule has 2 rings (SSSR count). The van der Waals surface area contributed by atoms with Crippen LogP contribution in [0.3, 0.4) is 0 Å². The number of aryl methyl sites for hydroxylation is 1. The van der Waals surface area contributed by atoms with Gasteiger partial charge in [0.25, 0.3) is 0 Å². The van der Waals surface area contributed by atoms with Crippen molar-refractivity contribution >= 4 is 27.5 Å². The van der Waals surface area contributed by atoms with Gasteiger partial charge in [0.1, 0.15) is 11.9 Å². The van der Waals surface area contributed by atoms with Crippen LogP contribution in [-0.2, 0) is 7.05 Å². The number of ether oxygens (including phenoxy) is 1. The van der Waals surface area contributed by atoms with E-state index in [2.05, 4.69) is 31.6 Å². The fourth-order valence-electron chi connectivity index (χ4n) is 2.09. The Morgan fingerprint density at radius 2 is 2.20 bits per heavy atom. The number of likely N-dealkylation sites (N-methyl/N-ethyl adjacent to an activating group) is 1. The lowest BCUT2D eigenvalue weighted by atomic mass is 10.1. The molecule has 2 aromatic rings. The summed E-state index contributed by atoms with van der Waals surface area (Å²) >= 11 is 9.38. The molecule has 5 nitrogen and oxygen atoms in total. The van der Waals surface area contributed by atoms with Crippen LogP contribution in [0.1, 0.15) is 18.7 Å². The van der Waals surface area contributed by atoms with Crippen LogP contribution in [0.25, 0.3) is 0 Å². The number of halogens is 2. The molecule has 7 heteroatoms. The van der Waals surface area contributed by atoms with Crippen LogP contribution in [0.4, 0.5) is 0 Å². The normalized spacial score (nSPS) is 14.1. The highest BCUT2D eigenvalue weighted by Crippen LogP contribution is 2.26. The molecule has 0 saturated carbocycles. The number of nitrogens with one attached hydrogen (secondary N) is 1. The van der Waals surface area contributed by atoms with E-state index in [-0.39, 0.29) is 12.1 Å². The van der Waals surface area contributed by atoms with Crippen molar-refractivity contribution in [2.45, 2.75) is 19.1 Å². The number of rotatable bonds is 5. The van der Waals surface area contributed by atoms with Crippen molar-refractivity contribution in [2.24, 2.45) is 7.05 Å². The summed E-state index contributed by atoms with van der Waals surface area (Å²) in [5, 5.41) is 11.9. The summed E-state index contributed by atoms with van der Waals surface area (Å²) in [4.78, 5) is 0. The zero-order valence-corrected chi connectivity index (χ0v) is 13.8. The van der Waals surface area contributed by atoms with E-state index >= 15 is 0 Å². The van der Waals surface area contributed by atoms with E-state index in [1.54, 1.807) is 10.7 Å². The third-order valence-electron chi connectivity index (χ3n) is 3.02. The van der Waals surface area contributed by atoms with Gasteiger partial charge in [0.15, 0.2) is 4.60 Å². The summed E-state index contributed by atoms with van der Waals surface area (Å²) in [5.41, 5.74) is 0.932. The molecule has 0 radical (unpaired) electrons. The van der Waals surface area contributed by atoms with Crippen LogP contribution in [0.2, 0.25) is 5.02 Å². The van der Waals surface area contributed by atoms with Crippen LogP contribution in [0.15, 0.2) is 28.9 Å². The fraction of sp³-hybridized carbons (Fsp3) is 0.385. The van der Waals surface area contributed by atoms with Gasteiger partial charge in [-0.05, 0) is 48.1 Å². The number of hydrogen-bond acceptors (Lipinski definition) is 4. The monoisotopic (exact) mass is 358 g/mol. The van der Waals surface area contributed by atoms with Gasteiger partial charge in [0.05, 0.1) is 11.7 Å². The van der Waals surface area contributed by atoms with Crippen molar-refractivity contribution in [3.05, 3.63) is 39.6 Å². The van der Waals surface area contributed by atoms with Crippen LogP contribution in [0.5, 0.6) is 5.75 Å². The van der Waals surface area contributed by atoms with E-state index in [4.69, 9.17) is 16.3 Å². The van der Waals surface area contributed by atoms with Crippen LogP contribution in [-0.4, -0.2) is 28.1 Å². The van der Waals surface area contributed by atoms with E-state index in [0.29, 0.717) is 9.63 Å². The number of hydrogen-bond donors (Lipinski definition) is 1. The maximum Gasteiger partial charge on any atom is 0.153 e. The molecule has 0 spiro atoms. The van der Waals surface area contributed by atoms with Crippen molar-refractivity contribution in [3.8, 4) is 5.75 Å². The summed E-state index contributed by atoms with van der Waals surface area (Å²) < 4.78 is 8.38. The van der Waals surface area contributed by atoms with Gasteiger partial charge in [-0.2, -0.15) is 0 Å². The average Bonchev–Trinajstić information content (AvgIpc) is 2.72. The summed E-state index contributed by atoms with van der Waals surface area (Å²) in [7, 11) is 3.73. The average molecular weight is 360 g/mol. The second kappa shape index (κ2) is 6.56. The Morgan fingerprint density at radius 3 is 2.75 bits per heavy atom. The first-order chi connectivity index (χ1) is 9.52. The van der Waals surface area contributed by atoms with Gasteiger partial charge in [-0.25, -0.2) is 4.68 Å². The Kier molecular flexibility index (Phi) is 5.01. The zero-order chi connectivity index (χ0) is 14.7. The molecule has 0 saturated heterocycles. The quantitative estimate of drug-likeness (QED) is 0.892. The molecule has 2 unspecified atom stereocenters. The first-order valence-electron chi connectivity index (χ1n) is 6.17. The van der Waals surface area contributed by atoms with Crippen LogP contribution >= 0.6 is 27.5 Å². The smallest absolute Gasteiger partial charge is 0.153 e. The number of nitrogens with zero attached hydrogens (tertiary/aromatic N) is 3. The molecule has 0 aliphatic heterocycles. The van der Waals surface area contributed by atoms with Crippen molar-refractivity contribution in [1.29, 1.82) is 0 Å². The fourth-order valence-corrected chi connectivity index (χ4v) is 2.84.